The number of thioether (sulfide) groups is 1. The third-order valence-electron chi connectivity index (χ3n) is 5.15. The number of nitrogens with one attached hydrogen (secondary N) is 2. The summed E-state index contributed by atoms with van der Waals surface area (Å²) in [7, 11) is 1.50. The molecule has 0 spiro atoms. The summed E-state index contributed by atoms with van der Waals surface area (Å²) in [6.07, 6.45) is 5.32. The third-order valence-corrected chi connectivity index (χ3v) is 6.07. The minimum atomic E-state index is -0.522. The topological polar surface area (TPSA) is 93.3 Å². The summed E-state index contributed by atoms with van der Waals surface area (Å²) in [5.41, 5.74) is 1.18. The van der Waals surface area contributed by atoms with Crippen LogP contribution in [0, 0.1) is 18.2 Å². The molecule has 0 saturated carbocycles. The zero-order valence-corrected chi connectivity index (χ0v) is 18.5. The van der Waals surface area contributed by atoms with E-state index in [1.54, 1.807) is 36.4 Å². The summed E-state index contributed by atoms with van der Waals surface area (Å²) in [4.78, 5) is 32.6. The molecule has 0 bridgehead atoms. The van der Waals surface area contributed by atoms with Crippen LogP contribution in [0.1, 0.15) is 29.0 Å². The molecular formula is C24H20FN3O4S. The molecule has 1 aliphatic heterocycles. The van der Waals surface area contributed by atoms with Crippen LogP contribution < -0.4 is 20.3 Å². The second kappa shape index (κ2) is 9.79. The van der Waals surface area contributed by atoms with Crippen LogP contribution in [0.3, 0.4) is 0 Å². The Kier molecular flexibility index (Phi) is 6.66. The molecule has 2 heterocycles. The van der Waals surface area contributed by atoms with E-state index in [2.05, 4.69) is 21.2 Å². The molecule has 1 aromatic heterocycles. The van der Waals surface area contributed by atoms with E-state index in [9.17, 15) is 14.0 Å². The molecule has 4 rings (SSSR count). The van der Waals surface area contributed by atoms with Gasteiger partial charge in [0.2, 0.25) is 5.91 Å². The molecule has 1 atom stereocenters. The Labute approximate surface area is 193 Å². The predicted octanol–water partition coefficient (Wildman–Crippen LogP) is 3.70. The lowest BCUT2D eigenvalue weighted by molar-refractivity contribution is -0.116. The number of aromatic nitrogens is 2. The molecule has 0 radical (unpaired) electrons. The highest BCUT2D eigenvalue weighted by atomic mass is 32.2. The third kappa shape index (κ3) is 4.86. The van der Waals surface area contributed by atoms with E-state index in [0.717, 1.165) is 0 Å². The molecule has 168 valence electrons. The van der Waals surface area contributed by atoms with Gasteiger partial charge in [-0.15, -0.1) is 6.42 Å². The smallest absolute Gasteiger partial charge is 0.257 e. The van der Waals surface area contributed by atoms with Gasteiger partial charge >= 0.3 is 0 Å². The van der Waals surface area contributed by atoms with Gasteiger partial charge in [-0.3, -0.25) is 9.59 Å². The summed E-state index contributed by atoms with van der Waals surface area (Å²) in [5.74, 6) is 2.66. The van der Waals surface area contributed by atoms with Crippen molar-refractivity contribution in [1.29, 1.82) is 0 Å². The number of ether oxygens (including phenoxy) is 2. The Morgan fingerprint density at radius 3 is 2.82 bits per heavy atom. The number of halogens is 1. The summed E-state index contributed by atoms with van der Waals surface area (Å²) in [6.45, 7) is 0.0846. The molecular weight excluding hydrogens is 445 g/mol. The molecule has 0 aliphatic carbocycles. The lowest BCUT2D eigenvalue weighted by Crippen LogP contribution is -2.31. The number of nitrogens with zero attached hydrogens (tertiary/aromatic N) is 1. The highest BCUT2D eigenvalue weighted by molar-refractivity contribution is 7.98. The van der Waals surface area contributed by atoms with Crippen LogP contribution in [0.4, 0.5) is 10.2 Å². The Hall–Kier alpha value is -3.77. The number of methoxy groups -OCH3 is 1. The maximum Gasteiger partial charge on any atom is 0.257 e. The number of hydrogen-bond donors (Lipinski definition) is 2. The van der Waals surface area contributed by atoms with Gasteiger partial charge in [0.15, 0.2) is 16.7 Å². The Morgan fingerprint density at radius 1 is 1.24 bits per heavy atom. The van der Waals surface area contributed by atoms with Gasteiger partial charge in [-0.25, -0.2) is 9.37 Å². The fourth-order valence-electron chi connectivity index (χ4n) is 3.60. The van der Waals surface area contributed by atoms with Crippen LogP contribution >= 0.6 is 11.8 Å². The van der Waals surface area contributed by atoms with Gasteiger partial charge in [-0.2, -0.15) is 0 Å². The first-order valence-corrected chi connectivity index (χ1v) is 11.0. The van der Waals surface area contributed by atoms with E-state index in [-0.39, 0.29) is 41.9 Å². The number of fused-ring (bicyclic) bond motifs is 1. The van der Waals surface area contributed by atoms with Gasteiger partial charge in [0.05, 0.1) is 12.7 Å². The quantitative estimate of drug-likeness (QED) is 0.314. The highest BCUT2D eigenvalue weighted by Crippen LogP contribution is 2.38. The zero-order chi connectivity index (χ0) is 23.4. The number of carbonyl (C=O) groups excluding carboxylic acids is 1. The van der Waals surface area contributed by atoms with Crippen molar-refractivity contribution >= 4 is 23.5 Å². The number of aromatic amines is 1. The maximum atomic E-state index is 13.9. The lowest BCUT2D eigenvalue weighted by Gasteiger charge is -2.25. The van der Waals surface area contributed by atoms with Crippen LogP contribution in [0.5, 0.6) is 11.5 Å². The van der Waals surface area contributed by atoms with Crippen LogP contribution in [0.2, 0.25) is 0 Å². The number of benzene rings is 2. The molecule has 0 fully saturated rings. The monoisotopic (exact) mass is 465 g/mol. The Morgan fingerprint density at radius 2 is 2.06 bits per heavy atom. The minimum Gasteiger partial charge on any atom is -0.493 e. The number of anilines is 1. The number of terminal acetylenes is 1. The Balaban J connectivity index is 1.65. The molecule has 7 nitrogen and oxygen atoms in total. The van der Waals surface area contributed by atoms with Crippen molar-refractivity contribution < 1.29 is 18.7 Å². The average molecular weight is 466 g/mol. The van der Waals surface area contributed by atoms with Crippen molar-refractivity contribution in [2.45, 2.75) is 23.2 Å². The van der Waals surface area contributed by atoms with E-state index in [1.807, 2.05) is 0 Å². The molecule has 1 aliphatic rings. The summed E-state index contributed by atoms with van der Waals surface area (Å²) < 4.78 is 24.8. The van der Waals surface area contributed by atoms with Crippen molar-refractivity contribution in [1.82, 2.24) is 9.97 Å². The SMILES string of the molecule is C#CCOc1ccc(C2CC(=O)Nc3nc(SCc4ccccc4F)[nH]c(=O)c32)cc1OC. The molecule has 9 heteroatoms. The van der Waals surface area contributed by atoms with Crippen molar-refractivity contribution in [2.75, 3.05) is 19.0 Å². The molecule has 2 N–H and O–H groups in total. The summed E-state index contributed by atoms with van der Waals surface area (Å²) >= 11 is 1.18. The first kappa shape index (κ1) is 22.4. The van der Waals surface area contributed by atoms with E-state index < -0.39 is 5.92 Å². The maximum absolute atomic E-state index is 13.9. The van der Waals surface area contributed by atoms with Crippen LogP contribution in [0.25, 0.3) is 0 Å². The van der Waals surface area contributed by atoms with Gasteiger partial charge in [0, 0.05) is 18.1 Å². The van der Waals surface area contributed by atoms with Crippen LogP contribution in [-0.4, -0.2) is 29.6 Å². The first-order chi connectivity index (χ1) is 16.0. The lowest BCUT2D eigenvalue weighted by atomic mass is 9.86. The van der Waals surface area contributed by atoms with E-state index in [1.165, 1.54) is 24.9 Å². The highest BCUT2D eigenvalue weighted by Gasteiger charge is 2.31. The van der Waals surface area contributed by atoms with E-state index in [4.69, 9.17) is 15.9 Å². The molecule has 33 heavy (non-hydrogen) atoms. The van der Waals surface area contributed by atoms with Crippen molar-refractivity contribution in [3.63, 3.8) is 0 Å². The van der Waals surface area contributed by atoms with Gasteiger partial charge in [-0.05, 0) is 29.3 Å². The fraction of sp³-hybridized carbons (Fsp3) is 0.208. The second-order valence-electron chi connectivity index (χ2n) is 7.22. The van der Waals surface area contributed by atoms with E-state index in [0.29, 0.717) is 33.3 Å². The number of amides is 1. The largest absolute Gasteiger partial charge is 0.493 e. The van der Waals surface area contributed by atoms with Gasteiger partial charge in [0.1, 0.15) is 18.2 Å². The number of carbonyl (C=O) groups is 1. The molecule has 1 amide bonds. The van der Waals surface area contributed by atoms with Crippen molar-refractivity contribution in [2.24, 2.45) is 0 Å². The average Bonchev–Trinajstić information content (AvgIpc) is 2.81. The van der Waals surface area contributed by atoms with Gasteiger partial charge < -0.3 is 19.8 Å². The normalized spacial score (nSPS) is 14.7. The second-order valence-corrected chi connectivity index (χ2v) is 8.19. The molecule has 2 aromatic carbocycles. The standard InChI is InChI=1S/C24H20FN3O4S/c1-3-10-32-18-9-8-14(11-19(18)31-2)16-12-20(29)26-22-21(16)23(30)28-24(27-22)33-13-15-6-4-5-7-17(15)25/h1,4-9,11,16H,10,12-13H2,2H3,(H2,26,27,28,29,30). The Bertz CT molecular complexity index is 1300. The molecule has 3 aromatic rings. The minimum absolute atomic E-state index is 0.0766. The first-order valence-electron chi connectivity index (χ1n) is 10.0. The van der Waals surface area contributed by atoms with Crippen LogP contribution in [0.15, 0.2) is 52.4 Å². The summed E-state index contributed by atoms with van der Waals surface area (Å²) in [6, 6.07) is 11.6. The zero-order valence-electron chi connectivity index (χ0n) is 17.7. The number of H-pyrrole nitrogens is 1. The van der Waals surface area contributed by atoms with Crippen molar-refractivity contribution in [3.05, 3.63) is 75.3 Å². The molecule has 1 unspecified atom stereocenters. The number of rotatable bonds is 7. The van der Waals surface area contributed by atoms with Gasteiger partial charge in [-0.1, -0.05) is 41.9 Å². The fourth-order valence-corrected chi connectivity index (χ4v) is 4.45. The van der Waals surface area contributed by atoms with Crippen molar-refractivity contribution in [3.8, 4) is 23.8 Å². The van der Waals surface area contributed by atoms with Gasteiger partial charge in [0.25, 0.3) is 5.56 Å². The summed E-state index contributed by atoms with van der Waals surface area (Å²) in [5, 5.41) is 2.97. The van der Waals surface area contributed by atoms with Crippen LogP contribution in [-0.2, 0) is 10.5 Å². The molecule has 0 saturated heterocycles. The predicted molar refractivity (Wildman–Crippen MR) is 123 cm³/mol. The number of hydrogen-bond acceptors (Lipinski definition) is 6. The van der Waals surface area contributed by atoms with E-state index >= 15 is 0 Å².